The van der Waals surface area contributed by atoms with Crippen LogP contribution in [0.4, 0.5) is 0 Å². The number of imide groups is 1. The highest BCUT2D eigenvalue weighted by Crippen LogP contribution is 2.27. The first kappa shape index (κ1) is 19.6. The first-order chi connectivity index (χ1) is 13.4. The Morgan fingerprint density at radius 2 is 1.75 bits per heavy atom. The van der Waals surface area contributed by atoms with Crippen molar-refractivity contribution in [3.63, 3.8) is 0 Å². The molecule has 6 nitrogen and oxygen atoms in total. The Morgan fingerprint density at radius 3 is 2.32 bits per heavy atom. The Kier molecular flexibility index (Phi) is 5.80. The zero-order valence-electron chi connectivity index (χ0n) is 15.2. The van der Waals surface area contributed by atoms with E-state index in [-0.39, 0.29) is 35.6 Å². The van der Waals surface area contributed by atoms with Crippen molar-refractivity contribution in [2.75, 3.05) is 13.2 Å². The Morgan fingerprint density at radius 1 is 1.11 bits per heavy atom. The smallest absolute Gasteiger partial charge is 0.342 e. The lowest BCUT2D eigenvalue weighted by molar-refractivity contribution is 0.0541. The zero-order valence-corrected chi connectivity index (χ0v) is 16.0. The predicted octanol–water partition coefficient (Wildman–Crippen LogP) is 3.79. The number of nitrogens with zero attached hydrogens (tertiary/aromatic N) is 1. The normalized spacial score (nSPS) is 12.7. The quantitative estimate of drug-likeness (QED) is 0.523. The molecule has 144 valence electrons. The molecule has 1 aliphatic heterocycles. The molecule has 0 unspecified atom stereocenters. The van der Waals surface area contributed by atoms with Crippen LogP contribution in [-0.2, 0) is 11.3 Å². The van der Waals surface area contributed by atoms with Gasteiger partial charge in [0.15, 0.2) is 0 Å². The molecule has 0 radical (unpaired) electrons. The minimum absolute atomic E-state index is 0.0290. The average molecular weight is 400 g/mol. The van der Waals surface area contributed by atoms with Crippen molar-refractivity contribution in [1.29, 1.82) is 0 Å². The molecule has 7 heteroatoms. The molecule has 0 N–H and O–H groups in total. The Bertz CT molecular complexity index is 934. The van der Waals surface area contributed by atoms with Crippen molar-refractivity contribution in [2.45, 2.75) is 13.5 Å². The van der Waals surface area contributed by atoms with Gasteiger partial charge >= 0.3 is 5.97 Å². The molecule has 2 aromatic rings. The standard InChI is InChI=1S/C21H18ClNO5/c1-3-27-18-9-8-14(10-17(18)21(26)28-12-13(2)22)11-23-19(24)15-6-4-5-7-16(15)20(23)25/h4-10H,2-3,11-12H2,1H3. The topological polar surface area (TPSA) is 72.9 Å². The van der Waals surface area contributed by atoms with Gasteiger partial charge in [-0.1, -0.05) is 36.4 Å². The summed E-state index contributed by atoms with van der Waals surface area (Å²) in [6.07, 6.45) is 0. The molecule has 0 spiro atoms. The second-order valence-electron chi connectivity index (χ2n) is 6.10. The number of fused-ring (bicyclic) bond motifs is 1. The van der Waals surface area contributed by atoms with E-state index < -0.39 is 5.97 Å². The maximum absolute atomic E-state index is 12.5. The fourth-order valence-electron chi connectivity index (χ4n) is 2.90. The van der Waals surface area contributed by atoms with Crippen LogP contribution in [0.2, 0.25) is 0 Å². The Labute approximate surface area is 167 Å². The molecule has 1 heterocycles. The number of hydrogen-bond acceptors (Lipinski definition) is 5. The predicted molar refractivity (Wildman–Crippen MR) is 104 cm³/mol. The summed E-state index contributed by atoms with van der Waals surface area (Å²) in [5, 5.41) is 0.188. The fraction of sp³-hybridized carbons (Fsp3) is 0.190. The van der Waals surface area contributed by atoms with Crippen molar-refractivity contribution in [1.82, 2.24) is 4.90 Å². The molecule has 28 heavy (non-hydrogen) atoms. The maximum Gasteiger partial charge on any atom is 0.342 e. The van der Waals surface area contributed by atoms with Gasteiger partial charge in [-0.3, -0.25) is 14.5 Å². The third-order valence-corrected chi connectivity index (χ3v) is 4.25. The number of ether oxygens (including phenoxy) is 2. The Balaban J connectivity index is 1.86. The molecule has 3 rings (SSSR count). The molecule has 0 aromatic heterocycles. The molecule has 0 aliphatic carbocycles. The zero-order chi connectivity index (χ0) is 20.3. The number of halogens is 1. The van der Waals surface area contributed by atoms with E-state index >= 15 is 0 Å². The van der Waals surface area contributed by atoms with Gasteiger partial charge in [-0.15, -0.1) is 0 Å². The van der Waals surface area contributed by atoms with E-state index in [9.17, 15) is 14.4 Å². The summed E-state index contributed by atoms with van der Waals surface area (Å²) >= 11 is 5.65. The summed E-state index contributed by atoms with van der Waals surface area (Å²) in [7, 11) is 0. The van der Waals surface area contributed by atoms with E-state index in [2.05, 4.69) is 6.58 Å². The van der Waals surface area contributed by atoms with Crippen LogP contribution in [0.5, 0.6) is 5.75 Å². The van der Waals surface area contributed by atoms with Crippen molar-refractivity contribution in [3.05, 3.63) is 76.3 Å². The minimum atomic E-state index is -0.630. The van der Waals surface area contributed by atoms with Crippen molar-refractivity contribution >= 4 is 29.4 Å². The number of carbonyl (C=O) groups is 3. The van der Waals surface area contributed by atoms with Gasteiger partial charge in [0, 0.05) is 5.03 Å². The number of amides is 2. The molecule has 0 bridgehead atoms. The lowest BCUT2D eigenvalue weighted by atomic mass is 10.1. The highest BCUT2D eigenvalue weighted by atomic mass is 35.5. The molecule has 0 fully saturated rings. The van der Waals surface area contributed by atoms with Gasteiger partial charge < -0.3 is 9.47 Å². The number of hydrogen-bond donors (Lipinski definition) is 0. The molecule has 0 saturated carbocycles. The van der Waals surface area contributed by atoms with Gasteiger partial charge in [-0.25, -0.2) is 4.79 Å². The van der Waals surface area contributed by atoms with E-state index in [1.54, 1.807) is 49.4 Å². The number of esters is 1. The third-order valence-electron chi connectivity index (χ3n) is 4.14. The van der Waals surface area contributed by atoms with Crippen molar-refractivity contribution in [2.24, 2.45) is 0 Å². The SMILES string of the molecule is C=C(Cl)COC(=O)c1cc(CN2C(=O)c3ccccc3C2=O)ccc1OCC. The first-order valence-electron chi connectivity index (χ1n) is 8.63. The second-order valence-corrected chi connectivity index (χ2v) is 6.63. The lowest BCUT2D eigenvalue weighted by Gasteiger charge is -2.16. The maximum atomic E-state index is 12.5. The minimum Gasteiger partial charge on any atom is -0.493 e. The number of rotatable bonds is 7. The lowest BCUT2D eigenvalue weighted by Crippen LogP contribution is -2.29. The third kappa shape index (κ3) is 3.92. The summed E-state index contributed by atoms with van der Waals surface area (Å²) in [6, 6.07) is 11.5. The second kappa shape index (κ2) is 8.27. The highest BCUT2D eigenvalue weighted by molar-refractivity contribution is 6.29. The number of carbonyl (C=O) groups excluding carboxylic acids is 3. The van der Waals surface area contributed by atoms with E-state index in [0.29, 0.717) is 29.0 Å². The van der Waals surface area contributed by atoms with Crippen LogP contribution in [0.1, 0.15) is 43.6 Å². The van der Waals surface area contributed by atoms with E-state index in [4.69, 9.17) is 21.1 Å². The molecule has 2 aromatic carbocycles. The van der Waals surface area contributed by atoms with Crippen LogP contribution < -0.4 is 4.74 Å². The van der Waals surface area contributed by atoms with Gasteiger partial charge in [0.05, 0.1) is 24.3 Å². The van der Waals surface area contributed by atoms with Crippen LogP contribution in [0.25, 0.3) is 0 Å². The molecule has 0 atom stereocenters. The summed E-state index contributed by atoms with van der Waals surface area (Å²) in [5.41, 5.74) is 1.53. The van der Waals surface area contributed by atoms with Crippen LogP contribution in [0.3, 0.4) is 0 Å². The van der Waals surface area contributed by atoms with Gasteiger partial charge in [0.1, 0.15) is 17.9 Å². The average Bonchev–Trinajstić information content (AvgIpc) is 2.92. The van der Waals surface area contributed by atoms with E-state index in [0.717, 1.165) is 4.90 Å². The molecule has 1 aliphatic rings. The summed E-state index contributed by atoms with van der Waals surface area (Å²) in [4.78, 5) is 38.6. The summed E-state index contributed by atoms with van der Waals surface area (Å²) < 4.78 is 10.6. The van der Waals surface area contributed by atoms with Crippen LogP contribution in [0.15, 0.2) is 54.1 Å². The van der Waals surface area contributed by atoms with Gasteiger partial charge in [0.25, 0.3) is 11.8 Å². The Hall–Kier alpha value is -3.12. The fourth-order valence-corrected chi connectivity index (χ4v) is 2.96. The van der Waals surface area contributed by atoms with Crippen LogP contribution in [0, 0.1) is 0 Å². The monoisotopic (exact) mass is 399 g/mol. The molecular weight excluding hydrogens is 382 g/mol. The van der Waals surface area contributed by atoms with E-state index in [1.165, 1.54) is 0 Å². The van der Waals surface area contributed by atoms with Crippen molar-refractivity contribution in [3.8, 4) is 5.75 Å². The summed E-state index contributed by atoms with van der Waals surface area (Å²) in [5.74, 6) is -1.01. The summed E-state index contributed by atoms with van der Waals surface area (Å²) in [6.45, 7) is 5.53. The molecule has 2 amide bonds. The van der Waals surface area contributed by atoms with Gasteiger partial charge in [-0.05, 0) is 36.8 Å². The molecule has 0 saturated heterocycles. The first-order valence-corrected chi connectivity index (χ1v) is 9.01. The van der Waals surface area contributed by atoms with Crippen LogP contribution in [-0.4, -0.2) is 35.9 Å². The molecular formula is C21H18ClNO5. The largest absolute Gasteiger partial charge is 0.493 e. The van der Waals surface area contributed by atoms with Gasteiger partial charge in [-0.2, -0.15) is 0 Å². The van der Waals surface area contributed by atoms with Gasteiger partial charge in [0.2, 0.25) is 0 Å². The van der Waals surface area contributed by atoms with Crippen molar-refractivity contribution < 1.29 is 23.9 Å². The van der Waals surface area contributed by atoms with Crippen LogP contribution >= 0.6 is 11.6 Å². The number of benzene rings is 2. The van der Waals surface area contributed by atoms with E-state index in [1.807, 2.05) is 0 Å². The highest BCUT2D eigenvalue weighted by Gasteiger charge is 2.35.